The van der Waals surface area contributed by atoms with Crippen LogP contribution in [0.5, 0.6) is 0 Å². The van der Waals surface area contributed by atoms with Gasteiger partial charge in [0.05, 0.1) is 0 Å². The Labute approximate surface area is 147 Å². The van der Waals surface area contributed by atoms with Crippen molar-refractivity contribution in [3.63, 3.8) is 0 Å². The third kappa shape index (κ3) is 3.50. The van der Waals surface area contributed by atoms with Gasteiger partial charge in [0.25, 0.3) is 5.91 Å². The molecule has 1 heterocycles. The van der Waals surface area contributed by atoms with Crippen molar-refractivity contribution >= 4 is 12.0 Å². The van der Waals surface area contributed by atoms with Crippen LogP contribution >= 0.6 is 0 Å². The van der Waals surface area contributed by atoms with Crippen LogP contribution in [-0.2, 0) is 11.2 Å². The van der Waals surface area contributed by atoms with E-state index >= 15 is 0 Å². The lowest BCUT2D eigenvalue weighted by atomic mass is 9.50. The largest absolute Gasteiger partial charge is 0.444 e. The minimum absolute atomic E-state index is 0.0462. The summed E-state index contributed by atoms with van der Waals surface area (Å²) in [6, 6.07) is 1.78. The first-order chi connectivity index (χ1) is 11.7. The van der Waals surface area contributed by atoms with Crippen LogP contribution in [0, 0.1) is 5.41 Å². The van der Waals surface area contributed by atoms with E-state index in [1.54, 1.807) is 6.07 Å². The normalized spacial score (nSPS) is 24.2. The summed E-state index contributed by atoms with van der Waals surface area (Å²) in [4.78, 5) is 24.4. The summed E-state index contributed by atoms with van der Waals surface area (Å²) in [5.74, 6) is 0.483. The van der Waals surface area contributed by atoms with Crippen LogP contribution in [0.1, 0.15) is 69.6 Å². The van der Waals surface area contributed by atoms with Crippen molar-refractivity contribution in [3.8, 4) is 0 Å². The predicted molar refractivity (Wildman–Crippen MR) is 91.2 cm³/mol. The van der Waals surface area contributed by atoms with E-state index in [0.717, 1.165) is 19.3 Å². The predicted octanol–water partition coefficient (Wildman–Crippen LogP) is 2.80. The van der Waals surface area contributed by atoms with Crippen LogP contribution in [0.4, 0.5) is 4.79 Å². The Hall–Kier alpha value is -2.05. The van der Waals surface area contributed by atoms with Gasteiger partial charge in [0.2, 0.25) is 0 Å². The second kappa shape index (κ2) is 6.35. The number of aromatic nitrogens is 1. The molecule has 2 saturated carbocycles. The third-order valence-corrected chi connectivity index (χ3v) is 5.28. The molecule has 0 aliphatic heterocycles. The maximum atomic E-state index is 12.4. The van der Waals surface area contributed by atoms with E-state index in [1.165, 1.54) is 0 Å². The van der Waals surface area contributed by atoms with E-state index < -0.39 is 11.7 Å². The van der Waals surface area contributed by atoms with Crippen molar-refractivity contribution in [1.29, 1.82) is 0 Å². The van der Waals surface area contributed by atoms with Gasteiger partial charge in [-0.15, -0.1) is 0 Å². The minimum Gasteiger partial charge on any atom is -0.444 e. The topological polar surface area (TPSA) is 93.5 Å². The molecule has 0 bridgehead atoms. The van der Waals surface area contributed by atoms with E-state index in [-0.39, 0.29) is 23.4 Å². The van der Waals surface area contributed by atoms with E-state index in [4.69, 9.17) is 9.26 Å². The molecule has 0 saturated heterocycles. The van der Waals surface area contributed by atoms with E-state index in [0.29, 0.717) is 24.3 Å². The Morgan fingerprint density at radius 1 is 1.32 bits per heavy atom. The lowest BCUT2D eigenvalue weighted by Crippen LogP contribution is -2.71. The summed E-state index contributed by atoms with van der Waals surface area (Å²) in [6.45, 7) is 7.48. The number of carbonyl (C=O) groups is 2. The number of aryl methyl sites for hydroxylation is 1. The molecule has 2 unspecified atom stereocenters. The highest BCUT2D eigenvalue weighted by molar-refractivity contribution is 5.92. The Kier molecular flexibility index (Phi) is 4.51. The molecule has 0 radical (unpaired) electrons. The van der Waals surface area contributed by atoms with Crippen molar-refractivity contribution in [1.82, 2.24) is 15.8 Å². The SMILES string of the molecule is CCc1cc(C(=O)NC2CC(NC(=O)OC(C)(C)C)C23CCC3)no1. The number of nitrogens with one attached hydrogen (secondary N) is 2. The quantitative estimate of drug-likeness (QED) is 0.872. The summed E-state index contributed by atoms with van der Waals surface area (Å²) in [5.41, 5.74) is -0.253. The summed E-state index contributed by atoms with van der Waals surface area (Å²) in [5, 5.41) is 9.86. The zero-order chi connectivity index (χ0) is 18.2. The van der Waals surface area contributed by atoms with Gasteiger partial charge in [-0.3, -0.25) is 4.79 Å². The van der Waals surface area contributed by atoms with Gasteiger partial charge in [0, 0.05) is 30.0 Å². The number of rotatable bonds is 4. The van der Waals surface area contributed by atoms with Crippen molar-refractivity contribution in [2.24, 2.45) is 5.41 Å². The fourth-order valence-electron chi connectivity index (χ4n) is 3.74. The molecule has 7 nitrogen and oxygen atoms in total. The molecule has 2 aliphatic rings. The highest BCUT2D eigenvalue weighted by atomic mass is 16.6. The molecule has 7 heteroatoms. The van der Waals surface area contributed by atoms with Gasteiger partial charge in [-0.05, 0) is 40.0 Å². The number of nitrogens with zero attached hydrogens (tertiary/aromatic N) is 1. The van der Waals surface area contributed by atoms with Gasteiger partial charge in [-0.2, -0.15) is 0 Å². The maximum absolute atomic E-state index is 12.4. The number of carbonyl (C=O) groups excluding carboxylic acids is 2. The molecule has 2 aliphatic carbocycles. The Morgan fingerprint density at radius 3 is 2.52 bits per heavy atom. The molecule has 1 spiro atoms. The highest BCUT2D eigenvalue weighted by Crippen LogP contribution is 2.56. The monoisotopic (exact) mass is 349 g/mol. The Morgan fingerprint density at radius 2 is 2.00 bits per heavy atom. The van der Waals surface area contributed by atoms with Gasteiger partial charge < -0.3 is 19.9 Å². The van der Waals surface area contributed by atoms with Gasteiger partial charge in [0.1, 0.15) is 11.4 Å². The van der Waals surface area contributed by atoms with Crippen LogP contribution in [0.3, 0.4) is 0 Å². The maximum Gasteiger partial charge on any atom is 0.407 e. The molecule has 0 aromatic carbocycles. The number of ether oxygens (including phenoxy) is 1. The van der Waals surface area contributed by atoms with Crippen LogP contribution in [-0.4, -0.2) is 34.8 Å². The second-order valence-corrected chi connectivity index (χ2v) is 8.08. The molecule has 25 heavy (non-hydrogen) atoms. The van der Waals surface area contributed by atoms with Crippen LogP contribution < -0.4 is 10.6 Å². The third-order valence-electron chi connectivity index (χ3n) is 5.28. The molecule has 1 aromatic heterocycles. The van der Waals surface area contributed by atoms with Crippen LogP contribution in [0.15, 0.2) is 10.6 Å². The van der Waals surface area contributed by atoms with Gasteiger partial charge >= 0.3 is 6.09 Å². The lowest BCUT2D eigenvalue weighted by Gasteiger charge is -2.61. The standard InChI is InChI=1S/C18H27N3O4/c1-5-11-9-12(21-25-11)15(22)19-13-10-14(18(13)7-6-8-18)20-16(23)24-17(2,3)4/h9,13-14H,5-8,10H2,1-4H3,(H,19,22)(H,20,23). The first-order valence-corrected chi connectivity index (χ1v) is 8.99. The zero-order valence-electron chi connectivity index (χ0n) is 15.3. The smallest absolute Gasteiger partial charge is 0.407 e. The summed E-state index contributed by atoms with van der Waals surface area (Å²) in [7, 11) is 0. The van der Waals surface area contributed by atoms with Gasteiger partial charge in [-0.1, -0.05) is 18.5 Å². The highest BCUT2D eigenvalue weighted by Gasteiger charge is 2.59. The summed E-state index contributed by atoms with van der Waals surface area (Å²) >= 11 is 0. The van der Waals surface area contributed by atoms with Crippen LogP contribution in [0.2, 0.25) is 0 Å². The second-order valence-electron chi connectivity index (χ2n) is 8.08. The van der Waals surface area contributed by atoms with Crippen molar-refractivity contribution in [2.45, 2.75) is 77.5 Å². The molecule has 3 rings (SSSR count). The number of alkyl carbamates (subject to hydrolysis) is 1. The van der Waals surface area contributed by atoms with Gasteiger partial charge in [-0.25, -0.2) is 4.79 Å². The number of amides is 2. The van der Waals surface area contributed by atoms with Crippen molar-refractivity contribution < 1.29 is 18.8 Å². The fourth-order valence-corrected chi connectivity index (χ4v) is 3.74. The van der Waals surface area contributed by atoms with Crippen LogP contribution in [0.25, 0.3) is 0 Å². The first-order valence-electron chi connectivity index (χ1n) is 8.99. The number of hydrogen-bond acceptors (Lipinski definition) is 5. The van der Waals surface area contributed by atoms with E-state index in [1.807, 2.05) is 27.7 Å². The summed E-state index contributed by atoms with van der Waals surface area (Å²) in [6.07, 6.45) is 4.13. The number of hydrogen-bond donors (Lipinski definition) is 2. The average molecular weight is 349 g/mol. The fraction of sp³-hybridized carbons (Fsp3) is 0.722. The molecule has 2 amide bonds. The van der Waals surface area contributed by atoms with E-state index in [2.05, 4.69) is 15.8 Å². The molecular weight excluding hydrogens is 322 g/mol. The van der Waals surface area contributed by atoms with Crippen molar-refractivity contribution in [2.75, 3.05) is 0 Å². The average Bonchev–Trinajstić information content (AvgIpc) is 2.90. The molecule has 2 atom stereocenters. The molecule has 138 valence electrons. The zero-order valence-corrected chi connectivity index (χ0v) is 15.3. The minimum atomic E-state index is -0.516. The Balaban J connectivity index is 1.58. The Bertz CT molecular complexity index is 658. The molecule has 2 fully saturated rings. The van der Waals surface area contributed by atoms with Crippen molar-refractivity contribution in [3.05, 3.63) is 17.5 Å². The summed E-state index contributed by atoms with van der Waals surface area (Å²) < 4.78 is 10.4. The lowest BCUT2D eigenvalue weighted by molar-refractivity contribution is -0.0579. The molecule has 1 aromatic rings. The van der Waals surface area contributed by atoms with E-state index in [9.17, 15) is 9.59 Å². The molecule has 2 N–H and O–H groups in total. The van der Waals surface area contributed by atoms with Gasteiger partial charge in [0.15, 0.2) is 5.69 Å². The first kappa shape index (κ1) is 17.8. The molecular formula is C18H27N3O4.